The number of sulfonamides is 1. The van der Waals surface area contributed by atoms with E-state index in [9.17, 15) is 26.4 Å². The summed E-state index contributed by atoms with van der Waals surface area (Å²) in [4.78, 5) is 34.4. The molecule has 1 aromatic carbocycles. The largest absolute Gasteiger partial charge is 0.490 e. The lowest BCUT2D eigenvalue weighted by molar-refractivity contribution is -0.192. The zero-order chi connectivity index (χ0) is 33.6. The lowest BCUT2D eigenvalue weighted by Gasteiger charge is -2.35. The Bertz CT molecular complexity index is 1640. The van der Waals surface area contributed by atoms with Gasteiger partial charge < -0.3 is 20.2 Å². The van der Waals surface area contributed by atoms with Crippen LogP contribution in [0.4, 0.5) is 24.9 Å². The van der Waals surface area contributed by atoms with Gasteiger partial charge in [0, 0.05) is 51.6 Å². The summed E-state index contributed by atoms with van der Waals surface area (Å²) >= 11 is 13.0. The molecule has 2 aliphatic rings. The van der Waals surface area contributed by atoms with Gasteiger partial charge in [-0.1, -0.05) is 35.3 Å². The van der Waals surface area contributed by atoms with E-state index in [4.69, 9.17) is 43.1 Å². The van der Waals surface area contributed by atoms with Crippen molar-refractivity contribution in [3.63, 3.8) is 0 Å². The van der Waals surface area contributed by atoms with Crippen LogP contribution in [0.15, 0.2) is 35.2 Å². The van der Waals surface area contributed by atoms with Crippen LogP contribution in [0.25, 0.3) is 10.9 Å². The second-order valence-corrected chi connectivity index (χ2v) is 15.0. The Morgan fingerprint density at radius 1 is 1.02 bits per heavy atom. The molecule has 1 aliphatic heterocycles. The van der Waals surface area contributed by atoms with Crippen molar-refractivity contribution in [3.05, 3.63) is 39.0 Å². The Kier molecular flexibility index (Phi) is 12.0. The second kappa shape index (κ2) is 15.3. The Morgan fingerprint density at radius 3 is 2.15 bits per heavy atom. The number of amides is 1. The number of nitrogens with zero attached hydrogens (tertiary/aromatic N) is 4. The highest BCUT2D eigenvalue weighted by Crippen LogP contribution is 2.35. The molecule has 18 heteroatoms. The van der Waals surface area contributed by atoms with E-state index in [1.807, 2.05) is 29.2 Å². The summed E-state index contributed by atoms with van der Waals surface area (Å²) in [6.07, 6.45) is -1.20. The van der Waals surface area contributed by atoms with Gasteiger partial charge in [-0.15, -0.1) is 11.3 Å². The van der Waals surface area contributed by atoms with Crippen LogP contribution in [0.3, 0.4) is 0 Å². The van der Waals surface area contributed by atoms with E-state index in [0.717, 1.165) is 73.4 Å². The number of thiophene rings is 1. The first kappa shape index (κ1) is 35.9. The summed E-state index contributed by atoms with van der Waals surface area (Å²) in [5, 5.41) is 11.6. The Labute approximate surface area is 278 Å². The summed E-state index contributed by atoms with van der Waals surface area (Å²) in [6, 6.07) is 9.42. The predicted molar refractivity (Wildman–Crippen MR) is 171 cm³/mol. The quantitative estimate of drug-likeness (QED) is 0.274. The average molecular weight is 726 g/mol. The van der Waals surface area contributed by atoms with Gasteiger partial charge >= 0.3 is 12.1 Å². The fourth-order valence-corrected chi connectivity index (χ4v) is 8.57. The summed E-state index contributed by atoms with van der Waals surface area (Å²) in [6.45, 7) is 5.60. The molecule has 252 valence electrons. The SMILES string of the molecule is CC(=O)N1CCN(c2nc(NCC3CCC(CNS(=O)(=O)c4cc(Cl)sc4Cl)CC3)nc3ccccc23)CC1.O=C(O)C(F)(F)F. The van der Waals surface area contributed by atoms with E-state index in [1.54, 1.807) is 6.92 Å². The van der Waals surface area contributed by atoms with Crippen LogP contribution in [-0.4, -0.2) is 85.7 Å². The maximum Gasteiger partial charge on any atom is 0.490 e. The topological polar surface area (TPSA) is 145 Å². The van der Waals surface area contributed by atoms with Crippen LogP contribution >= 0.6 is 34.5 Å². The minimum absolute atomic E-state index is 0.0486. The molecule has 0 bridgehead atoms. The number of aromatic nitrogens is 2. The van der Waals surface area contributed by atoms with Gasteiger partial charge in [0.05, 0.1) is 9.85 Å². The molecular formula is C28H33Cl2F3N6O5S2. The number of carboxylic acids is 1. The number of anilines is 2. The molecule has 0 radical (unpaired) electrons. The first-order valence-corrected chi connectivity index (χ1v) is 17.5. The van der Waals surface area contributed by atoms with E-state index >= 15 is 0 Å². The Hall–Kier alpha value is -2.92. The van der Waals surface area contributed by atoms with Gasteiger partial charge in [0.15, 0.2) is 0 Å². The van der Waals surface area contributed by atoms with Gasteiger partial charge in [0.2, 0.25) is 21.9 Å². The number of hydrogen-bond acceptors (Lipinski definition) is 9. The smallest absolute Gasteiger partial charge is 0.475 e. The average Bonchev–Trinajstić information content (AvgIpc) is 3.37. The number of halogens is 5. The van der Waals surface area contributed by atoms with Crippen LogP contribution in [0.5, 0.6) is 0 Å². The predicted octanol–water partition coefficient (Wildman–Crippen LogP) is 5.50. The van der Waals surface area contributed by atoms with Gasteiger partial charge in [-0.05, 0) is 55.7 Å². The van der Waals surface area contributed by atoms with E-state index in [0.29, 0.717) is 35.8 Å². The third-order valence-corrected chi connectivity index (χ3v) is 11.0. The van der Waals surface area contributed by atoms with Crippen LogP contribution in [0.2, 0.25) is 8.67 Å². The maximum absolute atomic E-state index is 12.6. The van der Waals surface area contributed by atoms with E-state index in [2.05, 4.69) is 14.9 Å². The van der Waals surface area contributed by atoms with Gasteiger partial charge in [0.25, 0.3) is 0 Å². The molecule has 1 saturated heterocycles. The number of piperazine rings is 1. The number of para-hydroxylation sites is 1. The van der Waals surface area contributed by atoms with Crippen molar-refractivity contribution in [2.45, 2.75) is 43.7 Å². The van der Waals surface area contributed by atoms with Crippen LogP contribution < -0.4 is 14.9 Å². The molecule has 3 aromatic rings. The molecule has 0 atom stereocenters. The number of aliphatic carboxylic acids is 1. The number of hydrogen-bond donors (Lipinski definition) is 3. The highest BCUT2D eigenvalue weighted by molar-refractivity contribution is 7.89. The minimum atomic E-state index is -5.08. The molecule has 3 N–H and O–H groups in total. The summed E-state index contributed by atoms with van der Waals surface area (Å²) < 4.78 is 60.2. The normalized spacial score (nSPS) is 19.0. The maximum atomic E-state index is 12.6. The zero-order valence-corrected chi connectivity index (χ0v) is 27.8. The second-order valence-electron chi connectivity index (χ2n) is 11.0. The first-order chi connectivity index (χ1) is 21.6. The molecule has 1 aliphatic carbocycles. The fraction of sp³-hybridized carbons (Fsp3) is 0.500. The molecule has 2 fully saturated rings. The number of benzene rings is 1. The number of alkyl halides is 3. The third-order valence-electron chi connectivity index (χ3n) is 7.84. The number of nitrogens with one attached hydrogen (secondary N) is 2. The monoisotopic (exact) mass is 724 g/mol. The van der Waals surface area contributed by atoms with Crippen molar-refractivity contribution in [3.8, 4) is 0 Å². The summed E-state index contributed by atoms with van der Waals surface area (Å²) in [7, 11) is -3.68. The van der Waals surface area contributed by atoms with Crippen LogP contribution in [0.1, 0.15) is 32.6 Å². The van der Waals surface area contributed by atoms with Crippen molar-refractivity contribution in [2.75, 3.05) is 49.5 Å². The standard InChI is InChI=1S/C26H32Cl2N6O3S2.C2HF3O2/c1-17(35)33-10-12-34(13-11-33)25-20-4-2-3-5-21(20)31-26(32-25)29-15-18-6-8-19(9-7-18)16-30-39(36,37)22-14-23(27)38-24(22)28;3-2(4,5)1(6)7/h2-5,14,18-19,30H,6-13,15-16H2,1H3,(H,29,31,32);(H,6,7). The van der Waals surface area contributed by atoms with Gasteiger partial charge in [0.1, 0.15) is 15.0 Å². The highest BCUT2D eigenvalue weighted by atomic mass is 35.5. The van der Waals surface area contributed by atoms with Gasteiger partial charge in [-0.2, -0.15) is 18.2 Å². The molecule has 0 unspecified atom stereocenters. The molecule has 5 rings (SSSR count). The lowest BCUT2D eigenvalue weighted by atomic mass is 9.82. The molecule has 11 nitrogen and oxygen atoms in total. The van der Waals surface area contributed by atoms with Gasteiger partial charge in [-0.3, -0.25) is 4.79 Å². The fourth-order valence-electron chi connectivity index (χ4n) is 5.30. The third kappa shape index (κ3) is 9.56. The van der Waals surface area contributed by atoms with Crippen molar-refractivity contribution in [1.82, 2.24) is 19.6 Å². The summed E-state index contributed by atoms with van der Waals surface area (Å²) in [5.41, 5.74) is 0.891. The van der Waals surface area contributed by atoms with E-state index < -0.39 is 22.2 Å². The Balaban J connectivity index is 0.000000617. The van der Waals surface area contributed by atoms with Crippen molar-refractivity contribution in [1.29, 1.82) is 0 Å². The number of fused-ring (bicyclic) bond motifs is 1. The number of carboxylic acid groups (broad SMARTS) is 1. The number of rotatable bonds is 8. The van der Waals surface area contributed by atoms with Crippen molar-refractivity contribution in [2.24, 2.45) is 11.8 Å². The van der Waals surface area contributed by atoms with Gasteiger partial charge in [-0.25, -0.2) is 22.9 Å². The van der Waals surface area contributed by atoms with E-state index in [1.165, 1.54) is 6.07 Å². The lowest BCUT2D eigenvalue weighted by Crippen LogP contribution is -2.48. The molecule has 3 heterocycles. The number of carbonyl (C=O) groups is 2. The molecule has 0 spiro atoms. The molecule has 46 heavy (non-hydrogen) atoms. The van der Waals surface area contributed by atoms with Crippen LogP contribution in [-0.2, 0) is 19.6 Å². The first-order valence-electron chi connectivity index (χ1n) is 14.4. The van der Waals surface area contributed by atoms with Crippen molar-refractivity contribution < 1.29 is 36.3 Å². The number of carbonyl (C=O) groups excluding carboxylic acids is 1. The molecule has 2 aromatic heterocycles. The van der Waals surface area contributed by atoms with E-state index in [-0.39, 0.29) is 21.1 Å². The Morgan fingerprint density at radius 2 is 1.61 bits per heavy atom. The van der Waals surface area contributed by atoms with Crippen LogP contribution in [0, 0.1) is 11.8 Å². The molecular weight excluding hydrogens is 692 g/mol. The summed E-state index contributed by atoms with van der Waals surface area (Å²) in [5.74, 6) is -0.407. The molecule has 1 amide bonds. The molecule has 1 saturated carbocycles. The zero-order valence-electron chi connectivity index (χ0n) is 24.7. The minimum Gasteiger partial charge on any atom is -0.475 e. The highest BCUT2D eigenvalue weighted by Gasteiger charge is 2.38. The van der Waals surface area contributed by atoms with Crippen molar-refractivity contribution >= 4 is 79.1 Å².